The van der Waals surface area contributed by atoms with Crippen molar-refractivity contribution in [1.82, 2.24) is 10.3 Å². The Kier molecular flexibility index (Phi) is 4.50. The van der Waals surface area contributed by atoms with E-state index in [-0.39, 0.29) is 0 Å². The highest BCUT2D eigenvalue weighted by molar-refractivity contribution is 7.09. The lowest BCUT2D eigenvalue weighted by Crippen LogP contribution is -2.23. The maximum absolute atomic E-state index is 4.57. The summed E-state index contributed by atoms with van der Waals surface area (Å²) in [6.07, 6.45) is 1.04. The van der Waals surface area contributed by atoms with Gasteiger partial charge in [0.15, 0.2) is 0 Å². The van der Waals surface area contributed by atoms with Gasteiger partial charge in [0.1, 0.15) is 0 Å². The van der Waals surface area contributed by atoms with Crippen LogP contribution >= 0.6 is 11.3 Å². The molecule has 0 amide bonds. The van der Waals surface area contributed by atoms with Gasteiger partial charge in [-0.3, -0.25) is 4.98 Å². The van der Waals surface area contributed by atoms with Crippen LogP contribution in [-0.4, -0.2) is 11.5 Å². The van der Waals surface area contributed by atoms with Crippen molar-refractivity contribution in [1.29, 1.82) is 0 Å². The zero-order chi connectivity index (χ0) is 13.0. The Morgan fingerprint density at radius 2 is 2.11 bits per heavy atom. The van der Waals surface area contributed by atoms with Gasteiger partial charge in [-0.2, -0.15) is 0 Å². The van der Waals surface area contributed by atoms with Crippen molar-refractivity contribution in [2.24, 2.45) is 0 Å². The van der Waals surface area contributed by atoms with Crippen LogP contribution in [0, 0.1) is 13.8 Å². The number of nitrogens with zero attached hydrogens (tertiary/aromatic N) is 1. The summed E-state index contributed by atoms with van der Waals surface area (Å²) >= 11 is 1.82. The predicted molar refractivity (Wildman–Crippen MR) is 78.2 cm³/mol. The van der Waals surface area contributed by atoms with E-state index < -0.39 is 0 Å². The number of aryl methyl sites for hydroxylation is 2. The molecule has 96 valence electrons. The summed E-state index contributed by atoms with van der Waals surface area (Å²) in [6.45, 7) is 7.27. The molecule has 0 radical (unpaired) electrons. The van der Waals surface area contributed by atoms with Crippen molar-refractivity contribution in [2.75, 3.05) is 6.54 Å². The summed E-state index contributed by atoms with van der Waals surface area (Å²) in [7, 11) is 0. The van der Waals surface area contributed by atoms with E-state index in [0.717, 1.165) is 24.4 Å². The zero-order valence-electron chi connectivity index (χ0n) is 11.2. The lowest BCUT2D eigenvalue weighted by atomic mass is 10.0. The molecular weight excluding hydrogens is 240 g/mol. The first-order valence-electron chi connectivity index (χ1n) is 6.40. The molecule has 0 aromatic carbocycles. The van der Waals surface area contributed by atoms with Crippen molar-refractivity contribution in [3.8, 4) is 0 Å². The molecule has 2 aromatic rings. The molecule has 0 bridgehead atoms. The second-order valence-corrected chi connectivity index (χ2v) is 5.55. The van der Waals surface area contributed by atoms with E-state index in [1.807, 2.05) is 18.3 Å². The molecule has 0 aliphatic heterocycles. The zero-order valence-corrected chi connectivity index (χ0v) is 12.1. The third-order valence-corrected chi connectivity index (χ3v) is 3.98. The van der Waals surface area contributed by atoms with E-state index in [1.54, 1.807) is 0 Å². The average molecular weight is 260 g/mol. The molecule has 18 heavy (non-hydrogen) atoms. The van der Waals surface area contributed by atoms with Crippen LogP contribution in [0.3, 0.4) is 0 Å². The molecule has 1 unspecified atom stereocenters. The predicted octanol–water partition coefficient (Wildman–Crippen LogP) is 3.65. The standard InChI is InChI=1S/C15H20N2S/c1-4-16-15(10-13-6-5-9-18-13)14-8-7-11(2)17-12(14)3/h5-9,15-16H,4,10H2,1-3H3. The SMILES string of the molecule is CCNC(Cc1cccs1)c1ccc(C)nc1C. The first kappa shape index (κ1) is 13.2. The fraction of sp³-hybridized carbons (Fsp3) is 0.400. The van der Waals surface area contributed by atoms with Crippen molar-refractivity contribution in [2.45, 2.75) is 33.2 Å². The Hall–Kier alpha value is -1.19. The Morgan fingerprint density at radius 3 is 2.72 bits per heavy atom. The molecule has 1 atom stereocenters. The first-order valence-corrected chi connectivity index (χ1v) is 7.28. The lowest BCUT2D eigenvalue weighted by molar-refractivity contribution is 0.548. The summed E-state index contributed by atoms with van der Waals surface area (Å²) in [6, 6.07) is 8.98. The molecule has 1 N–H and O–H groups in total. The molecule has 2 nitrogen and oxygen atoms in total. The van der Waals surface area contributed by atoms with E-state index in [2.05, 4.69) is 53.8 Å². The minimum Gasteiger partial charge on any atom is -0.310 e. The third-order valence-electron chi connectivity index (χ3n) is 3.08. The largest absolute Gasteiger partial charge is 0.310 e. The van der Waals surface area contributed by atoms with Gasteiger partial charge in [0.05, 0.1) is 0 Å². The van der Waals surface area contributed by atoms with Crippen LogP contribution in [0.2, 0.25) is 0 Å². The monoisotopic (exact) mass is 260 g/mol. The van der Waals surface area contributed by atoms with Crippen molar-refractivity contribution < 1.29 is 0 Å². The number of pyridine rings is 1. The Balaban J connectivity index is 2.23. The molecule has 3 heteroatoms. The molecule has 0 saturated heterocycles. The van der Waals surface area contributed by atoms with Crippen LogP contribution < -0.4 is 5.32 Å². The number of thiophene rings is 1. The van der Waals surface area contributed by atoms with E-state index in [4.69, 9.17) is 0 Å². The smallest absolute Gasteiger partial charge is 0.0423 e. The normalized spacial score (nSPS) is 12.6. The highest BCUT2D eigenvalue weighted by Gasteiger charge is 2.14. The molecule has 0 saturated carbocycles. The van der Waals surface area contributed by atoms with Gasteiger partial charge < -0.3 is 5.32 Å². The quantitative estimate of drug-likeness (QED) is 0.887. The topological polar surface area (TPSA) is 24.9 Å². The van der Waals surface area contributed by atoms with Gasteiger partial charge >= 0.3 is 0 Å². The summed E-state index contributed by atoms with van der Waals surface area (Å²) in [4.78, 5) is 5.99. The molecule has 0 aliphatic carbocycles. The van der Waals surface area contributed by atoms with Gasteiger partial charge in [-0.15, -0.1) is 11.3 Å². The van der Waals surface area contributed by atoms with Crippen LogP contribution in [0.4, 0.5) is 0 Å². The van der Waals surface area contributed by atoms with Gasteiger partial charge in [-0.1, -0.05) is 19.1 Å². The molecule has 0 aliphatic rings. The fourth-order valence-electron chi connectivity index (χ4n) is 2.23. The van der Waals surface area contributed by atoms with E-state index in [9.17, 15) is 0 Å². The number of hydrogen-bond donors (Lipinski definition) is 1. The molecule has 2 rings (SSSR count). The third kappa shape index (κ3) is 3.18. The fourth-order valence-corrected chi connectivity index (χ4v) is 2.99. The maximum atomic E-state index is 4.57. The van der Waals surface area contributed by atoms with Gasteiger partial charge in [0.25, 0.3) is 0 Å². The summed E-state index contributed by atoms with van der Waals surface area (Å²) in [5, 5.41) is 5.70. The number of aromatic nitrogens is 1. The van der Waals surface area contributed by atoms with Crippen LogP contribution in [0.25, 0.3) is 0 Å². The van der Waals surface area contributed by atoms with E-state index >= 15 is 0 Å². The van der Waals surface area contributed by atoms with E-state index in [0.29, 0.717) is 6.04 Å². The van der Waals surface area contributed by atoms with Crippen LogP contribution in [0.5, 0.6) is 0 Å². The van der Waals surface area contributed by atoms with Gasteiger partial charge in [0, 0.05) is 28.7 Å². The molecule has 0 spiro atoms. The minimum atomic E-state index is 0.363. The molecular formula is C15H20N2S. The second-order valence-electron chi connectivity index (χ2n) is 4.52. The molecule has 0 fully saturated rings. The van der Waals surface area contributed by atoms with Gasteiger partial charge in [-0.25, -0.2) is 0 Å². The Morgan fingerprint density at radius 1 is 1.28 bits per heavy atom. The van der Waals surface area contributed by atoms with Gasteiger partial charge in [-0.05, 0) is 43.5 Å². The summed E-state index contributed by atoms with van der Waals surface area (Å²) in [5.41, 5.74) is 3.54. The second kappa shape index (κ2) is 6.12. The van der Waals surface area contributed by atoms with Crippen molar-refractivity contribution >= 4 is 11.3 Å². The lowest BCUT2D eigenvalue weighted by Gasteiger charge is -2.19. The van der Waals surface area contributed by atoms with Crippen molar-refractivity contribution in [3.63, 3.8) is 0 Å². The molecule has 2 heterocycles. The Bertz CT molecular complexity index is 491. The molecule has 2 aromatic heterocycles. The van der Waals surface area contributed by atoms with E-state index in [1.165, 1.54) is 10.4 Å². The van der Waals surface area contributed by atoms with Crippen molar-refractivity contribution in [3.05, 3.63) is 51.5 Å². The highest BCUT2D eigenvalue weighted by Crippen LogP contribution is 2.23. The number of nitrogens with one attached hydrogen (secondary N) is 1. The minimum absolute atomic E-state index is 0.363. The van der Waals surface area contributed by atoms with Crippen LogP contribution in [-0.2, 0) is 6.42 Å². The number of rotatable bonds is 5. The summed E-state index contributed by atoms with van der Waals surface area (Å²) < 4.78 is 0. The number of likely N-dealkylation sites (N-methyl/N-ethyl adjacent to an activating group) is 1. The summed E-state index contributed by atoms with van der Waals surface area (Å²) in [5.74, 6) is 0. The Labute approximate surface area is 113 Å². The highest BCUT2D eigenvalue weighted by atomic mass is 32.1. The van der Waals surface area contributed by atoms with Crippen LogP contribution in [0.1, 0.15) is 34.8 Å². The first-order chi connectivity index (χ1) is 8.70. The average Bonchev–Trinajstić information content (AvgIpc) is 2.81. The maximum Gasteiger partial charge on any atom is 0.0423 e. The van der Waals surface area contributed by atoms with Crippen LogP contribution in [0.15, 0.2) is 29.6 Å². The number of hydrogen-bond acceptors (Lipinski definition) is 3. The van der Waals surface area contributed by atoms with Gasteiger partial charge in [0.2, 0.25) is 0 Å².